The number of aromatic amines is 1. The summed E-state index contributed by atoms with van der Waals surface area (Å²) >= 11 is 0. The van der Waals surface area contributed by atoms with Crippen molar-refractivity contribution in [3.05, 3.63) is 24.0 Å². The Kier molecular flexibility index (Phi) is 1.84. The maximum absolute atomic E-state index is 10.9. The van der Waals surface area contributed by atoms with Crippen molar-refractivity contribution >= 4 is 5.97 Å². The molecule has 2 N–H and O–H groups in total. The molecule has 4 nitrogen and oxygen atoms in total. The van der Waals surface area contributed by atoms with E-state index >= 15 is 0 Å². The first kappa shape index (κ1) is 8.31. The minimum absolute atomic E-state index is 0.321. The van der Waals surface area contributed by atoms with E-state index in [-0.39, 0.29) is 0 Å². The van der Waals surface area contributed by atoms with Crippen molar-refractivity contribution in [2.24, 2.45) is 5.41 Å². The third-order valence-electron chi connectivity index (χ3n) is 2.40. The lowest BCUT2D eigenvalue weighted by Gasteiger charge is -2.36. The van der Waals surface area contributed by atoms with Crippen molar-refractivity contribution in [2.75, 3.05) is 13.2 Å². The van der Waals surface area contributed by atoms with Gasteiger partial charge in [-0.3, -0.25) is 4.79 Å². The number of hydrogen-bond acceptors (Lipinski definition) is 2. The topological polar surface area (TPSA) is 62.3 Å². The number of ether oxygens (including phenoxy) is 1. The fourth-order valence-electron chi connectivity index (χ4n) is 1.49. The van der Waals surface area contributed by atoms with Gasteiger partial charge in [-0.2, -0.15) is 0 Å². The van der Waals surface area contributed by atoms with E-state index in [2.05, 4.69) is 4.98 Å². The van der Waals surface area contributed by atoms with Gasteiger partial charge in [-0.05, 0) is 12.1 Å². The second-order valence-corrected chi connectivity index (χ2v) is 3.45. The van der Waals surface area contributed by atoms with Crippen molar-refractivity contribution in [2.45, 2.75) is 6.42 Å². The molecule has 2 heterocycles. The van der Waals surface area contributed by atoms with E-state index in [4.69, 9.17) is 9.84 Å². The summed E-state index contributed by atoms with van der Waals surface area (Å²) in [4.78, 5) is 13.9. The van der Waals surface area contributed by atoms with Gasteiger partial charge >= 0.3 is 5.97 Å². The number of nitrogens with one attached hydrogen (secondary N) is 1. The van der Waals surface area contributed by atoms with Crippen LogP contribution in [0.15, 0.2) is 18.3 Å². The molecule has 1 aliphatic rings. The Morgan fingerprint density at radius 1 is 1.69 bits per heavy atom. The maximum Gasteiger partial charge on any atom is 0.314 e. The van der Waals surface area contributed by atoms with E-state index < -0.39 is 11.4 Å². The quantitative estimate of drug-likeness (QED) is 0.720. The number of aliphatic carboxylic acids is 1. The Morgan fingerprint density at radius 2 is 2.46 bits per heavy atom. The highest BCUT2D eigenvalue weighted by atomic mass is 16.5. The molecule has 1 fully saturated rings. The second-order valence-electron chi connectivity index (χ2n) is 3.45. The lowest BCUT2D eigenvalue weighted by Crippen LogP contribution is -2.50. The second kappa shape index (κ2) is 2.88. The molecule has 1 aliphatic heterocycles. The Morgan fingerprint density at radius 3 is 2.85 bits per heavy atom. The van der Waals surface area contributed by atoms with Gasteiger partial charge in [0.05, 0.1) is 13.2 Å². The number of carboxylic acids is 1. The normalized spacial score (nSPS) is 19.4. The standard InChI is InChI=1S/C9H11NO3/c11-8(12)9(5-13-6-9)4-7-2-1-3-10-7/h1-3,10H,4-6H2,(H,11,12). The van der Waals surface area contributed by atoms with E-state index in [1.807, 2.05) is 12.1 Å². The van der Waals surface area contributed by atoms with Gasteiger partial charge < -0.3 is 14.8 Å². The third-order valence-corrected chi connectivity index (χ3v) is 2.40. The number of hydrogen-bond donors (Lipinski definition) is 2. The molecular weight excluding hydrogens is 170 g/mol. The zero-order chi connectivity index (χ0) is 9.31. The van der Waals surface area contributed by atoms with Gasteiger partial charge in [-0.1, -0.05) is 0 Å². The van der Waals surface area contributed by atoms with Gasteiger partial charge in [0.15, 0.2) is 0 Å². The number of carbonyl (C=O) groups is 1. The summed E-state index contributed by atoms with van der Waals surface area (Å²) < 4.78 is 4.95. The SMILES string of the molecule is O=C(O)C1(Cc2ccc[nH]2)COC1. The minimum Gasteiger partial charge on any atom is -0.481 e. The highest BCUT2D eigenvalue weighted by Gasteiger charge is 2.46. The van der Waals surface area contributed by atoms with E-state index in [1.165, 1.54) is 0 Å². The lowest BCUT2D eigenvalue weighted by molar-refractivity contribution is -0.179. The molecule has 0 bridgehead atoms. The van der Waals surface area contributed by atoms with Gasteiger partial charge in [-0.25, -0.2) is 0 Å². The Hall–Kier alpha value is -1.29. The van der Waals surface area contributed by atoms with Crippen LogP contribution in [0.3, 0.4) is 0 Å². The van der Waals surface area contributed by atoms with Gasteiger partial charge in [0.25, 0.3) is 0 Å². The molecule has 0 spiro atoms. The zero-order valence-electron chi connectivity index (χ0n) is 7.12. The predicted octanol–water partition coefficient (Wildman–Crippen LogP) is 0.658. The molecule has 0 saturated carbocycles. The van der Waals surface area contributed by atoms with Crippen LogP contribution >= 0.6 is 0 Å². The smallest absolute Gasteiger partial charge is 0.314 e. The molecule has 0 amide bonds. The largest absolute Gasteiger partial charge is 0.481 e. The van der Waals surface area contributed by atoms with Crippen LogP contribution < -0.4 is 0 Å². The number of H-pyrrole nitrogens is 1. The molecule has 2 rings (SSSR count). The van der Waals surface area contributed by atoms with E-state index in [0.29, 0.717) is 19.6 Å². The van der Waals surface area contributed by atoms with Gasteiger partial charge in [0.2, 0.25) is 0 Å². The lowest BCUT2D eigenvalue weighted by atomic mass is 9.81. The third kappa shape index (κ3) is 1.33. The molecule has 70 valence electrons. The molecule has 0 aromatic carbocycles. The molecule has 1 aromatic rings. The van der Waals surface area contributed by atoms with Gasteiger partial charge in [0, 0.05) is 18.3 Å². The zero-order valence-corrected chi connectivity index (χ0v) is 7.12. The molecule has 1 aromatic heterocycles. The fourth-order valence-corrected chi connectivity index (χ4v) is 1.49. The molecule has 0 aliphatic carbocycles. The number of aromatic nitrogens is 1. The van der Waals surface area contributed by atoms with E-state index in [1.54, 1.807) is 6.20 Å². The molecule has 0 unspecified atom stereocenters. The number of rotatable bonds is 3. The first-order chi connectivity index (χ1) is 6.23. The van der Waals surface area contributed by atoms with Crippen LogP contribution in [0, 0.1) is 5.41 Å². The summed E-state index contributed by atoms with van der Waals surface area (Å²) in [5, 5.41) is 8.99. The van der Waals surface area contributed by atoms with Crippen molar-refractivity contribution in [3.63, 3.8) is 0 Å². The van der Waals surface area contributed by atoms with Crippen LogP contribution in [-0.4, -0.2) is 29.3 Å². The average Bonchev–Trinajstić information content (AvgIpc) is 2.47. The highest BCUT2D eigenvalue weighted by Crippen LogP contribution is 2.31. The molecule has 0 radical (unpaired) electrons. The molecular formula is C9H11NO3. The summed E-state index contributed by atoms with van der Waals surface area (Å²) in [5.41, 5.74) is 0.260. The highest BCUT2D eigenvalue weighted by molar-refractivity contribution is 5.76. The molecule has 0 atom stereocenters. The maximum atomic E-state index is 10.9. The van der Waals surface area contributed by atoms with Crippen molar-refractivity contribution < 1.29 is 14.6 Å². The number of carboxylic acid groups (broad SMARTS) is 1. The minimum atomic E-state index is -0.770. The Balaban J connectivity index is 2.11. The Bertz CT molecular complexity index is 301. The summed E-state index contributed by atoms with van der Waals surface area (Å²) in [5.74, 6) is -0.770. The first-order valence-corrected chi connectivity index (χ1v) is 4.16. The van der Waals surface area contributed by atoms with Crippen molar-refractivity contribution in [1.29, 1.82) is 0 Å². The summed E-state index contributed by atoms with van der Waals surface area (Å²) in [6, 6.07) is 3.76. The fraction of sp³-hybridized carbons (Fsp3) is 0.444. The summed E-state index contributed by atoms with van der Waals surface area (Å²) in [6.45, 7) is 0.642. The predicted molar refractivity (Wildman–Crippen MR) is 45.4 cm³/mol. The molecule has 13 heavy (non-hydrogen) atoms. The van der Waals surface area contributed by atoms with Gasteiger partial charge in [0.1, 0.15) is 5.41 Å². The first-order valence-electron chi connectivity index (χ1n) is 4.16. The summed E-state index contributed by atoms with van der Waals surface area (Å²) in [7, 11) is 0. The molecule has 1 saturated heterocycles. The van der Waals surface area contributed by atoms with Crippen LogP contribution in [-0.2, 0) is 16.0 Å². The summed E-state index contributed by atoms with van der Waals surface area (Å²) in [6.07, 6.45) is 2.32. The van der Waals surface area contributed by atoms with E-state index in [0.717, 1.165) is 5.69 Å². The van der Waals surface area contributed by atoms with Crippen molar-refractivity contribution in [1.82, 2.24) is 4.98 Å². The van der Waals surface area contributed by atoms with Crippen LogP contribution in [0.2, 0.25) is 0 Å². The van der Waals surface area contributed by atoms with E-state index in [9.17, 15) is 4.79 Å². The van der Waals surface area contributed by atoms with Crippen molar-refractivity contribution in [3.8, 4) is 0 Å². The van der Waals surface area contributed by atoms with Gasteiger partial charge in [-0.15, -0.1) is 0 Å². The van der Waals surface area contributed by atoms with Crippen LogP contribution in [0.4, 0.5) is 0 Å². The van der Waals surface area contributed by atoms with Crippen LogP contribution in [0.5, 0.6) is 0 Å². The van der Waals surface area contributed by atoms with Crippen LogP contribution in [0.1, 0.15) is 5.69 Å². The van der Waals surface area contributed by atoms with Crippen LogP contribution in [0.25, 0.3) is 0 Å². The average molecular weight is 181 g/mol. The Labute approximate surface area is 75.5 Å². The molecule has 4 heteroatoms. The monoisotopic (exact) mass is 181 g/mol.